The second-order valence-corrected chi connectivity index (χ2v) is 4.48. The van der Waals surface area contributed by atoms with Gasteiger partial charge in [0.25, 0.3) is 0 Å². The van der Waals surface area contributed by atoms with E-state index in [-0.39, 0.29) is 4.31 Å². The van der Waals surface area contributed by atoms with Crippen molar-refractivity contribution in [1.29, 1.82) is 0 Å². The topological polar surface area (TPSA) is 54.5 Å². The molecule has 0 bridgehead atoms. The Morgan fingerprint density at radius 2 is 1.86 bits per heavy atom. The van der Waals surface area contributed by atoms with Gasteiger partial charge < -0.3 is 0 Å². The molecule has 0 aliphatic rings. The van der Waals surface area contributed by atoms with E-state index in [0.29, 0.717) is 7.05 Å². The van der Waals surface area contributed by atoms with Gasteiger partial charge in [-0.3, -0.25) is 4.79 Å². The van der Waals surface area contributed by atoms with Gasteiger partial charge in [0.15, 0.2) is 0 Å². The molecule has 0 N–H and O–H groups in total. The number of hydrogen-bond acceptors (Lipinski definition) is 3. The number of alkyl halides is 4. The fourth-order valence-electron chi connectivity index (χ4n) is 0.552. The molecule has 0 aliphatic heterocycles. The Labute approximate surface area is 77.5 Å². The molecule has 0 unspecified atom stereocenters. The van der Waals surface area contributed by atoms with Crippen LogP contribution in [0.1, 0.15) is 6.42 Å². The zero-order valence-electron chi connectivity index (χ0n) is 6.95. The van der Waals surface area contributed by atoms with E-state index in [2.05, 4.69) is 0 Å². The van der Waals surface area contributed by atoms with Crippen LogP contribution in [0.25, 0.3) is 0 Å². The van der Waals surface area contributed by atoms with Crippen LogP contribution in [-0.2, 0) is 14.8 Å². The summed E-state index contributed by atoms with van der Waals surface area (Å²) >= 11 is 0. The summed E-state index contributed by atoms with van der Waals surface area (Å²) in [5, 5.41) is -4.64. The van der Waals surface area contributed by atoms with Gasteiger partial charge in [-0.1, -0.05) is 0 Å². The van der Waals surface area contributed by atoms with Crippen molar-refractivity contribution in [3.05, 3.63) is 0 Å². The molecule has 0 saturated carbocycles. The second-order valence-electron chi connectivity index (χ2n) is 2.36. The first-order chi connectivity index (χ1) is 6.15. The van der Waals surface area contributed by atoms with Gasteiger partial charge in [0.2, 0.25) is 12.8 Å². The highest BCUT2D eigenvalue weighted by Crippen LogP contribution is 2.30. The van der Waals surface area contributed by atoms with Crippen LogP contribution in [0.4, 0.5) is 17.6 Å². The fraction of sp³-hybridized carbons (Fsp3) is 0.800. The standard InChI is InChI=1S/C5H7F4NO3S/c1-10(3-11)14(12,13)5(8,9)2-4(6)7/h3-4H,2H2,1H3. The van der Waals surface area contributed by atoms with Gasteiger partial charge in [-0.05, 0) is 0 Å². The van der Waals surface area contributed by atoms with Gasteiger partial charge in [-0.25, -0.2) is 13.1 Å². The van der Waals surface area contributed by atoms with Crippen LogP contribution in [0.2, 0.25) is 0 Å². The van der Waals surface area contributed by atoms with Crippen molar-refractivity contribution < 1.29 is 30.8 Å². The maximum Gasteiger partial charge on any atom is 0.369 e. The van der Waals surface area contributed by atoms with E-state index in [1.165, 1.54) is 0 Å². The molecule has 0 atom stereocenters. The maximum absolute atomic E-state index is 12.6. The second kappa shape index (κ2) is 4.11. The molecule has 0 spiro atoms. The number of hydrogen-bond donors (Lipinski definition) is 0. The fourth-order valence-corrected chi connectivity index (χ4v) is 1.42. The summed E-state index contributed by atoms with van der Waals surface area (Å²) in [6, 6.07) is 0. The molecule has 0 aromatic heterocycles. The normalized spacial score (nSPS) is 13.0. The average molecular weight is 237 g/mol. The third-order valence-corrected chi connectivity index (χ3v) is 3.06. The number of nitrogens with zero attached hydrogens (tertiary/aromatic N) is 1. The third kappa shape index (κ3) is 2.56. The Morgan fingerprint density at radius 1 is 1.43 bits per heavy atom. The smallest absolute Gasteiger partial charge is 0.278 e. The molecule has 84 valence electrons. The Hall–Kier alpha value is -0.860. The van der Waals surface area contributed by atoms with Crippen molar-refractivity contribution in [3.8, 4) is 0 Å². The highest BCUT2D eigenvalue weighted by atomic mass is 32.2. The first-order valence-electron chi connectivity index (χ1n) is 3.24. The van der Waals surface area contributed by atoms with Crippen LogP contribution in [-0.4, -0.2) is 37.9 Å². The minimum atomic E-state index is -5.33. The molecule has 0 heterocycles. The number of halogens is 4. The van der Waals surface area contributed by atoms with E-state index in [1.807, 2.05) is 0 Å². The zero-order chi connectivity index (χ0) is 11.6. The average Bonchev–Trinajstić information content (AvgIpc) is 2.00. The Bertz CT molecular complexity index is 302. The van der Waals surface area contributed by atoms with Crippen LogP contribution >= 0.6 is 0 Å². The minimum absolute atomic E-state index is 0.338. The number of rotatable bonds is 5. The minimum Gasteiger partial charge on any atom is -0.278 e. The summed E-state index contributed by atoms with van der Waals surface area (Å²) in [7, 11) is -4.79. The lowest BCUT2D eigenvalue weighted by molar-refractivity contribution is -0.113. The van der Waals surface area contributed by atoms with E-state index < -0.39 is 34.5 Å². The Morgan fingerprint density at radius 3 is 2.14 bits per heavy atom. The molecule has 0 aromatic rings. The molecule has 1 amide bonds. The van der Waals surface area contributed by atoms with E-state index in [0.717, 1.165) is 0 Å². The highest BCUT2D eigenvalue weighted by Gasteiger charge is 2.49. The van der Waals surface area contributed by atoms with Crippen molar-refractivity contribution in [2.75, 3.05) is 7.05 Å². The van der Waals surface area contributed by atoms with Gasteiger partial charge in [0.1, 0.15) is 0 Å². The van der Waals surface area contributed by atoms with Gasteiger partial charge >= 0.3 is 15.3 Å². The Kier molecular flexibility index (Phi) is 3.86. The van der Waals surface area contributed by atoms with Gasteiger partial charge in [0.05, 0.1) is 6.42 Å². The molecule has 0 aromatic carbocycles. The molecule has 14 heavy (non-hydrogen) atoms. The number of carbonyl (C=O) groups is 1. The van der Waals surface area contributed by atoms with Crippen molar-refractivity contribution in [1.82, 2.24) is 4.31 Å². The largest absolute Gasteiger partial charge is 0.369 e. The van der Waals surface area contributed by atoms with Crippen LogP contribution in [0, 0.1) is 0 Å². The lowest BCUT2D eigenvalue weighted by Gasteiger charge is -2.20. The molecular formula is C5H7F4NO3S. The van der Waals surface area contributed by atoms with Gasteiger partial charge in [-0.15, -0.1) is 0 Å². The summed E-state index contributed by atoms with van der Waals surface area (Å²) < 4.78 is 69.5. The molecule has 4 nitrogen and oxygen atoms in total. The Balaban J connectivity index is 4.98. The zero-order valence-corrected chi connectivity index (χ0v) is 7.77. The quantitative estimate of drug-likeness (QED) is 0.521. The van der Waals surface area contributed by atoms with Crippen LogP contribution in [0.15, 0.2) is 0 Å². The van der Waals surface area contributed by atoms with Crippen LogP contribution in [0.5, 0.6) is 0 Å². The maximum atomic E-state index is 12.6. The molecule has 0 saturated heterocycles. The van der Waals surface area contributed by atoms with Gasteiger partial charge in [0, 0.05) is 7.05 Å². The summed E-state index contributed by atoms with van der Waals surface area (Å²) in [5.74, 6) is 0. The predicted molar refractivity (Wildman–Crippen MR) is 38.3 cm³/mol. The van der Waals surface area contributed by atoms with Crippen LogP contribution in [0.3, 0.4) is 0 Å². The molecule has 0 aliphatic carbocycles. The lowest BCUT2D eigenvalue weighted by atomic mass is 10.5. The number of sulfonamides is 1. The van der Waals surface area contributed by atoms with E-state index in [1.54, 1.807) is 0 Å². The van der Waals surface area contributed by atoms with Crippen molar-refractivity contribution >= 4 is 16.4 Å². The monoisotopic (exact) mass is 237 g/mol. The summed E-state index contributed by atoms with van der Waals surface area (Å²) in [5.41, 5.74) is 0. The molecule has 0 fully saturated rings. The molecular weight excluding hydrogens is 230 g/mol. The molecule has 9 heteroatoms. The first kappa shape index (κ1) is 13.1. The summed E-state index contributed by atoms with van der Waals surface area (Å²) in [6.07, 6.45) is -6.00. The van der Waals surface area contributed by atoms with E-state index in [4.69, 9.17) is 0 Å². The van der Waals surface area contributed by atoms with Crippen LogP contribution < -0.4 is 0 Å². The highest BCUT2D eigenvalue weighted by molar-refractivity contribution is 7.90. The predicted octanol–water partition coefficient (Wildman–Crippen LogP) is 0.652. The van der Waals surface area contributed by atoms with E-state index >= 15 is 0 Å². The first-order valence-corrected chi connectivity index (χ1v) is 4.68. The summed E-state index contributed by atoms with van der Waals surface area (Å²) in [6.45, 7) is 0. The van der Waals surface area contributed by atoms with Crippen molar-refractivity contribution in [3.63, 3.8) is 0 Å². The van der Waals surface area contributed by atoms with Gasteiger partial charge in [-0.2, -0.15) is 17.2 Å². The lowest BCUT2D eigenvalue weighted by Crippen LogP contribution is -2.41. The van der Waals surface area contributed by atoms with E-state index in [9.17, 15) is 30.8 Å². The number of carbonyl (C=O) groups excluding carboxylic acids is 1. The number of amides is 1. The molecule has 0 rings (SSSR count). The van der Waals surface area contributed by atoms with Crippen molar-refractivity contribution in [2.45, 2.75) is 18.1 Å². The van der Waals surface area contributed by atoms with Crippen molar-refractivity contribution in [2.24, 2.45) is 0 Å². The summed E-state index contributed by atoms with van der Waals surface area (Å²) in [4.78, 5) is 9.91. The SMILES string of the molecule is CN(C=O)S(=O)(=O)C(F)(F)CC(F)F. The third-order valence-electron chi connectivity index (χ3n) is 1.30. The molecule has 0 radical (unpaired) electrons.